The molecule has 0 saturated carbocycles. The quantitative estimate of drug-likeness (QED) is 0.647. The summed E-state index contributed by atoms with van der Waals surface area (Å²) < 4.78 is 27.9. The number of benzene rings is 2. The van der Waals surface area contributed by atoms with Crippen LogP contribution < -0.4 is 10.1 Å². The monoisotopic (exact) mass is 465 g/mol. The normalized spacial score (nSPS) is 22.2. The van der Waals surface area contributed by atoms with Crippen LogP contribution >= 0.6 is 0 Å². The van der Waals surface area contributed by atoms with Gasteiger partial charge in [0.1, 0.15) is 25.0 Å². The molecule has 0 bridgehead atoms. The Labute approximate surface area is 199 Å². The molecule has 34 heavy (non-hydrogen) atoms. The molecule has 176 valence electrons. The van der Waals surface area contributed by atoms with Crippen LogP contribution in [0.15, 0.2) is 42.4 Å². The van der Waals surface area contributed by atoms with E-state index >= 15 is 0 Å². The van der Waals surface area contributed by atoms with Crippen molar-refractivity contribution in [2.45, 2.75) is 38.6 Å². The van der Waals surface area contributed by atoms with Gasteiger partial charge in [0.25, 0.3) is 5.91 Å². The summed E-state index contributed by atoms with van der Waals surface area (Å²) in [5.74, 6) is -0.926. The van der Waals surface area contributed by atoms with Crippen molar-refractivity contribution < 1.29 is 31.4 Å². The minimum atomic E-state index is -1.15. The summed E-state index contributed by atoms with van der Waals surface area (Å²) in [4.78, 5) is 51.9. The van der Waals surface area contributed by atoms with Crippen LogP contribution in [0.25, 0.3) is 0 Å². The number of fused-ring (bicyclic) bond motifs is 1. The molecule has 3 aliphatic rings. The number of piperidine rings is 1. The highest BCUT2D eigenvalue weighted by Crippen LogP contribution is 2.34. The molecule has 3 heterocycles. The Morgan fingerprint density at radius 2 is 2.00 bits per heavy atom. The zero-order chi connectivity index (χ0) is 25.4. The van der Waals surface area contributed by atoms with Crippen molar-refractivity contribution >= 4 is 23.6 Å². The van der Waals surface area contributed by atoms with Gasteiger partial charge in [-0.25, -0.2) is 0 Å². The second kappa shape index (κ2) is 9.26. The van der Waals surface area contributed by atoms with Crippen molar-refractivity contribution in [3.05, 3.63) is 64.7 Å². The molecular formula is C25H25N3O6. The summed E-state index contributed by atoms with van der Waals surface area (Å²) >= 11 is 0. The lowest BCUT2D eigenvalue weighted by atomic mass is 10.0. The van der Waals surface area contributed by atoms with Crippen LogP contribution in [0.1, 0.15) is 42.6 Å². The predicted molar refractivity (Wildman–Crippen MR) is 119 cm³/mol. The third kappa shape index (κ3) is 4.38. The largest absolute Gasteiger partial charge is 0.489 e. The molecule has 5 rings (SSSR count). The van der Waals surface area contributed by atoms with Gasteiger partial charge in [-0.15, -0.1) is 0 Å². The summed E-state index contributed by atoms with van der Waals surface area (Å²) in [5, 5.41) is 2.28. The molecule has 9 nitrogen and oxygen atoms in total. The van der Waals surface area contributed by atoms with E-state index in [1.807, 2.05) is 0 Å². The fraction of sp³-hybridized carbons (Fsp3) is 0.360. The average Bonchev–Trinajstić information content (AvgIpc) is 3.19. The maximum absolute atomic E-state index is 13.0. The molecule has 9 heteroatoms. The van der Waals surface area contributed by atoms with Gasteiger partial charge in [0.05, 0.1) is 15.9 Å². The Morgan fingerprint density at radius 1 is 1.15 bits per heavy atom. The van der Waals surface area contributed by atoms with Gasteiger partial charge in [0.15, 0.2) is 0 Å². The molecule has 0 radical (unpaired) electrons. The molecule has 1 N–H and O–H groups in total. The van der Waals surface area contributed by atoms with Crippen molar-refractivity contribution in [1.82, 2.24) is 15.1 Å². The van der Waals surface area contributed by atoms with E-state index in [4.69, 9.17) is 12.2 Å². The van der Waals surface area contributed by atoms with Crippen molar-refractivity contribution in [3.8, 4) is 5.75 Å². The van der Waals surface area contributed by atoms with Gasteiger partial charge in [-0.2, -0.15) is 0 Å². The summed E-state index contributed by atoms with van der Waals surface area (Å²) in [7, 11) is 0. The van der Waals surface area contributed by atoms with Crippen LogP contribution in [0.2, 0.25) is 0 Å². The first-order valence-corrected chi connectivity index (χ1v) is 11.1. The molecular weight excluding hydrogens is 438 g/mol. The van der Waals surface area contributed by atoms with Crippen molar-refractivity contribution in [2.75, 3.05) is 19.8 Å². The maximum atomic E-state index is 13.0. The number of nitrogens with zero attached hydrogens (tertiary/aromatic N) is 2. The standard InChI is InChI=1S/C25H25N3O6/c29-22-9-8-20(24(31)26-22)28-13-19-18(25(28)32)2-1-3-21(19)34-14-17-6-4-16(5-7-17)12-27-10-11-33-15-23(27)30/h1-7,20H,8-15H2,(H,26,29,31)/i4D,14D. The van der Waals surface area contributed by atoms with Crippen LogP contribution in [-0.2, 0) is 38.8 Å². The van der Waals surface area contributed by atoms with E-state index < -0.39 is 18.5 Å². The summed E-state index contributed by atoms with van der Waals surface area (Å²) in [6.45, 7) is 0.260. The lowest BCUT2D eigenvalue weighted by Crippen LogP contribution is -2.52. The Hall–Kier alpha value is -3.72. The van der Waals surface area contributed by atoms with E-state index in [1.54, 1.807) is 41.3 Å². The molecule has 2 aromatic rings. The van der Waals surface area contributed by atoms with Crippen LogP contribution in [0.4, 0.5) is 0 Å². The smallest absolute Gasteiger partial charge is 0.255 e. The molecule has 2 aromatic carbocycles. The SMILES string of the molecule is [2H]c1cc(C([2H])Oc2cccc3c2CN(C2CCC(=O)NC2=O)C3=O)ccc1CN1CCOCC1=O. The number of morpholine rings is 1. The van der Waals surface area contributed by atoms with Gasteiger partial charge < -0.3 is 19.3 Å². The van der Waals surface area contributed by atoms with Crippen LogP contribution in [-0.4, -0.2) is 59.2 Å². The van der Waals surface area contributed by atoms with Crippen LogP contribution in [0.3, 0.4) is 0 Å². The molecule has 2 unspecified atom stereocenters. The predicted octanol–water partition coefficient (Wildman–Crippen LogP) is 1.39. The van der Waals surface area contributed by atoms with E-state index in [0.29, 0.717) is 47.7 Å². The Kier molecular flexibility index (Phi) is 5.37. The first-order chi connectivity index (χ1) is 17.3. The Bertz CT molecular complexity index is 1250. The second-order valence-corrected chi connectivity index (χ2v) is 8.43. The van der Waals surface area contributed by atoms with E-state index in [2.05, 4.69) is 5.32 Å². The molecule has 0 spiro atoms. The number of carbonyl (C=O) groups excluding carboxylic acids is 4. The number of carbonyl (C=O) groups is 4. The van der Waals surface area contributed by atoms with Crippen LogP contribution in [0.5, 0.6) is 5.75 Å². The summed E-state index contributed by atoms with van der Waals surface area (Å²) in [6.07, 6.45) is 0.427. The molecule has 4 amide bonds. The number of nitrogens with one attached hydrogen (secondary N) is 1. The molecule has 0 aromatic heterocycles. The van der Waals surface area contributed by atoms with Crippen LogP contribution in [0, 0.1) is 0 Å². The minimum Gasteiger partial charge on any atom is -0.489 e. The lowest BCUT2D eigenvalue weighted by molar-refractivity contribution is -0.143. The molecule has 2 saturated heterocycles. The van der Waals surface area contributed by atoms with Crippen molar-refractivity contribution in [2.24, 2.45) is 0 Å². The third-order valence-electron chi connectivity index (χ3n) is 6.21. The van der Waals surface area contributed by atoms with Gasteiger partial charge in [-0.05, 0) is 29.7 Å². The zero-order valence-electron chi connectivity index (χ0n) is 20.4. The highest BCUT2D eigenvalue weighted by atomic mass is 16.5. The topological polar surface area (TPSA) is 105 Å². The van der Waals surface area contributed by atoms with E-state index in [9.17, 15) is 19.2 Å². The Balaban J connectivity index is 1.30. The van der Waals surface area contributed by atoms with E-state index in [1.165, 1.54) is 4.90 Å². The lowest BCUT2D eigenvalue weighted by Gasteiger charge is -2.29. The number of imide groups is 1. The number of hydrogen-bond donors (Lipinski definition) is 1. The summed E-state index contributed by atoms with van der Waals surface area (Å²) in [6, 6.07) is 9.40. The number of amides is 4. The highest BCUT2D eigenvalue weighted by Gasteiger charge is 2.40. The van der Waals surface area contributed by atoms with Gasteiger partial charge in [-0.1, -0.05) is 30.3 Å². The molecule has 0 aliphatic carbocycles. The number of rotatable bonds is 6. The number of ether oxygens (including phenoxy) is 2. The van der Waals surface area contributed by atoms with Gasteiger partial charge in [0.2, 0.25) is 17.7 Å². The fourth-order valence-electron chi connectivity index (χ4n) is 4.36. The van der Waals surface area contributed by atoms with E-state index in [-0.39, 0.29) is 49.8 Å². The first kappa shape index (κ1) is 19.7. The highest BCUT2D eigenvalue weighted by molar-refractivity contribution is 6.05. The number of hydrogen-bond acceptors (Lipinski definition) is 6. The second-order valence-electron chi connectivity index (χ2n) is 8.43. The molecule has 2 atom stereocenters. The van der Waals surface area contributed by atoms with Gasteiger partial charge in [0, 0.05) is 30.6 Å². The van der Waals surface area contributed by atoms with E-state index in [0.717, 1.165) is 0 Å². The first-order valence-electron chi connectivity index (χ1n) is 12.2. The molecule has 2 fully saturated rings. The summed E-state index contributed by atoms with van der Waals surface area (Å²) in [5.41, 5.74) is 2.10. The van der Waals surface area contributed by atoms with Gasteiger partial charge in [-0.3, -0.25) is 24.5 Å². The third-order valence-corrected chi connectivity index (χ3v) is 6.21. The van der Waals surface area contributed by atoms with Crippen molar-refractivity contribution in [1.29, 1.82) is 0 Å². The Morgan fingerprint density at radius 3 is 2.79 bits per heavy atom. The average molecular weight is 466 g/mol. The molecule has 3 aliphatic heterocycles. The van der Waals surface area contributed by atoms with Gasteiger partial charge >= 0.3 is 0 Å². The van der Waals surface area contributed by atoms with Crippen molar-refractivity contribution in [3.63, 3.8) is 0 Å². The fourth-order valence-corrected chi connectivity index (χ4v) is 4.36. The zero-order valence-corrected chi connectivity index (χ0v) is 18.4. The minimum absolute atomic E-state index is 0.0406. The maximum Gasteiger partial charge on any atom is 0.255 e.